The number of aromatic nitrogens is 2. The lowest BCUT2D eigenvalue weighted by Crippen LogP contribution is -2.00. The summed E-state index contributed by atoms with van der Waals surface area (Å²) >= 11 is 0. The summed E-state index contributed by atoms with van der Waals surface area (Å²) in [5.74, 6) is -0.258. The molecule has 0 spiro atoms. The van der Waals surface area contributed by atoms with Gasteiger partial charge in [-0.3, -0.25) is 0 Å². The molecule has 1 aromatic carbocycles. The minimum atomic E-state index is -0.258. The zero-order valence-corrected chi connectivity index (χ0v) is 9.25. The molecule has 0 fully saturated rings. The van der Waals surface area contributed by atoms with Crippen LogP contribution in [0.5, 0.6) is 0 Å². The van der Waals surface area contributed by atoms with Crippen molar-refractivity contribution in [2.24, 2.45) is 5.73 Å². The van der Waals surface area contributed by atoms with Crippen LogP contribution in [0, 0.1) is 5.82 Å². The summed E-state index contributed by atoms with van der Waals surface area (Å²) in [6.07, 6.45) is 1.46. The molecule has 0 radical (unpaired) electrons. The average Bonchev–Trinajstić information content (AvgIpc) is 2.30. The molecule has 3 nitrogen and oxygen atoms in total. The van der Waals surface area contributed by atoms with Crippen LogP contribution in [-0.4, -0.2) is 9.97 Å². The van der Waals surface area contributed by atoms with Crippen LogP contribution < -0.4 is 5.73 Å². The summed E-state index contributed by atoms with van der Waals surface area (Å²) in [5, 5.41) is 0. The first-order valence-corrected chi connectivity index (χ1v) is 4.56. The van der Waals surface area contributed by atoms with Gasteiger partial charge in [-0.15, -0.1) is 12.4 Å². The zero-order chi connectivity index (χ0) is 10.7. The van der Waals surface area contributed by atoms with Crippen LogP contribution in [0.3, 0.4) is 0 Å². The topological polar surface area (TPSA) is 51.8 Å². The Morgan fingerprint density at radius 2 is 1.81 bits per heavy atom. The van der Waals surface area contributed by atoms with Gasteiger partial charge in [-0.1, -0.05) is 0 Å². The third-order valence-corrected chi connectivity index (χ3v) is 2.07. The highest BCUT2D eigenvalue weighted by atomic mass is 35.5. The van der Waals surface area contributed by atoms with Crippen molar-refractivity contribution < 1.29 is 4.39 Å². The second kappa shape index (κ2) is 5.53. The monoisotopic (exact) mass is 239 g/mol. The quantitative estimate of drug-likeness (QED) is 0.874. The van der Waals surface area contributed by atoms with Crippen LogP contribution >= 0.6 is 12.4 Å². The molecule has 1 aromatic heterocycles. The fraction of sp³-hybridized carbons (Fsp3) is 0.0909. The Kier molecular flexibility index (Phi) is 4.34. The summed E-state index contributed by atoms with van der Waals surface area (Å²) < 4.78 is 12.7. The smallest absolute Gasteiger partial charge is 0.123 e. The molecule has 2 N–H and O–H groups in total. The van der Waals surface area contributed by atoms with Gasteiger partial charge in [0.05, 0.1) is 11.4 Å². The minimum absolute atomic E-state index is 0. The van der Waals surface area contributed by atoms with E-state index in [1.165, 1.54) is 18.5 Å². The Bertz CT molecular complexity index is 459. The van der Waals surface area contributed by atoms with Crippen molar-refractivity contribution >= 4 is 12.4 Å². The standard InChI is InChI=1S/C11H10FN3.ClH/c12-9-3-1-8(2-4-9)11-5-10(6-13)14-7-15-11;/h1-5,7H,6,13H2;1H. The van der Waals surface area contributed by atoms with Crippen molar-refractivity contribution in [1.29, 1.82) is 0 Å². The molecule has 0 saturated heterocycles. The van der Waals surface area contributed by atoms with Crippen molar-refractivity contribution in [3.63, 3.8) is 0 Å². The first-order valence-electron chi connectivity index (χ1n) is 4.56. The SMILES string of the molecule is Cl.NCc1cc(-c2ccc(F)cc2)ncn1. The van der Waals surface area contributed by atoms with E-state index in [-0.39, 0.29) is 18.2 Å². The lowest BCUT2D eigenvalue weighted by Gasteiger charge is -2.01. The molecule has 1 heterocycles. The van der Waals surface area contributed by atoms with Crippen molar-refractivity contribution in [2.45, 2.75) is 6.54 Å². The highest BCUT2D eigenvalue weighted by Crippen LogP contribution is 2.16. The predicted octanol–water partition coefficient (Wildman–Crippen LogP) is 2.16. The molecular weight excluding hydrogens is 229 g/mol. The van der Waals surface area contributed by atoms with E-state index in [2.05, 4.69) is 9.97 Å². The molecule has 0 aliphatic rings. The van der Waals surface area contributed by atoms with Gasteiger partial charge in [0.25, 0.3) is 0 Å². The van der Waals surface area contributed by atoms with Crippen LogP contribution in [0.25, 0.3) is 11.3 Å². The second-order valence-corrected chi connectivity index (χ2v) is 3.11. The van der Waals surface area contributed by atoms with Crippen LogP contribution in [0.2, 0.25) is 0 Å². The maximum atomic E-state index is 12.7. The Morgan fingerprint density at radius 1 is 1.12 bits per heavy atom. The van der Waals surface area contributed by atoms with Crippen molar-refractivity contribution in [2.75, 3.05) is 0 Å². The van der Waals surface area contributed by atoms with Crippen molar-refractivity contribution in [3.8, 4) is 11.3 Å². The maximum Gasteiger partial charge on any atom is 0.123 e. The second-order valence-electron chi connectivity index (χ2n) is 3.11. The van der Waals surface area contributed by atoms with E-state index in [9.17, 15) is 4.39 Å². The fourth-order valence-corrected chi connectivity index (χ4v) is 1.29. The van der Waals surface area contributed by atoms with Gasteiger partial charge in [0.2, 0.25) is 0 Å². The predicted molar refractivity (Wildman–Crippen MR) is 62.6 cm³/mol. The number of nitrogens with zero attached hydrogens (tertiary/aromatic N) is 2. The van der Waals surface area contributed by atoms with Gasteiger partial charge in [-0.2, -0.15) is 0 Å². The van der Waals surface area contributed by atoms with E-state index >= 15 is 0 Å². The van der Waals surface area contributed by atoms with Gasteiger partial charge < -0.3 is 5.73 Å². The Balaban J connectivity index is 0.00000128. The van der Waals surface area contributed by atoms with Crippen LogP contribution in [0.15, 0.2) is 36.7 Å². The molecule has 2 rings (SSSR count). The third kappa shape index (κ3) is 2.74. The maximum absolute atomic E-state index is 12.7. The minimum Gasteiger partial charge on any atom is -0.325 e. The molecule has 0 unspecified atom stereocenters. The molecular formula is C11H11ClFN3. The zero-order valence-electron chi connectivity index (χ0n) is 8.43. The third-order valence-electron chi connectivity index (χ3n) is 2.07. The number of halogens is 2. The summed E-state index contributed by atoms with van der Waals surface area (Å²) in [7, 11) is 0. The molecule has 16 heavy (non-hydrogen) atoms. The van der Waals surface area contributed by atoms with Gasteiger partial charge in [0, 0.05) is 12.1 Å². The molecule has 0 saturated carbocycles. The Hall–Kier alpha value is -1.52. The molecule has 2 aromatic rings. The van der Waals surface area contributed by atoms with Crippen LogP contribution in [0.4, 0.5) is 4.39 Å². The lowest BCUT2D eigenvalue weighted by molar-refractivity contribution is 0.628. The lowest BCUT2D eigenvalue weighted by atomic mass is 10.1. The van der Waals surface area contributed by atoms with Gasteiger partial charge in [-0.25, -0.2) is 14.4 Å². The number of hydrogen-bond donors (Lipinski definition) is 1. The van der Waals surface area contributed by atoms with Gasteiger partial charge in [-0.05, 0) is 30.3 Å². The van der Waals surface area contributed by atoms with Crippen molar-refractivity contribution in [1.82, 2.24) is 9.97 Å². The average molecular weight is 240 g/mol. The normalized spacial score (nSPS) is 9.62. The van der Waals surface area contributed by atoms with E-state index in [1.807, 2.05) is 0 Å². The summed E-state index contributed by atoms with van der Waals surface area (Å²) in [6, 6.07) is 7.96. The first kappa shape index (κ1) is 12.5. The van der Waals surface area contributed by atoms with E-state index in [0.717, 1.165) is 17.0 Å². The highest BCUT2D eigenvalue weighted by molar-refractivity contribution is 5.85. The number of hydrogen-bond acceptors (Lipinski definition) is 3. The van der Waals surface area contributed by atoms with E-state index in [1.54, 1.807) is 18.2 Å². The highest BCUT2D eigenvalue weighted by Gasteiger charge is 2.00. The molecule has 0 aliphatic carbocycles. The van der Waals surface area contributed by atoms with Gasteiger partial charge in [0.1, 0.15) is 12.1 Å². The van der Waals surface area contributed by atoms with E-state index in [4.69, 9.17) is 5.73 Å². The Morgan fingerprint density at radius 3 is 2.44 bits per heavy atom. The van der Waals surface area contributed by atoms with E-state index in [0.29, 0.717) is 6.54 Å². The summed E-state index contributed by atoms with van der Waals surface area (Å²) in [6.45, 7) is 0.372. The molecule has 84 valence electrons. The molecule has 0 amide bonds. The van der Waals surface area contributed by atoms with Crippen LogP contribution in [0.1, 0.15) is 5.69 Å². The number of benzene rings is 1. The molecule has 5 heteroatoms. The molecule has 0 bridgehead atoms. The van der Waals surface area contributed by atoms with E-state index < -0.39 is 0 Å². The number of nitrogens with two attached hydrogens (primary N) is 1. The Labute approximate surface area is 99.0 Å². The summed E-state index contributed by atoms with van der Waals surface area (Å²) in [5.41, 5.74) is 7.85. The number of rotatable bonds is 2. The molecule has 0 atom stereocenters. The van der Waals surface area contributed by atoms with Gasteiger partial charge in [0.15, 0.2) is 0 Å². The van der Waals surface area contributed by atoms with Crippen molar-refractivity contribution in [3.05, 3.63) is 48.2 Å². The van der Waals surface area contributed by atoms with Gasteiger partial charge >= 0.3 is 0 Å². The van der Waals surface area contributed by atoms with Crippen LogP contribution in [-0.2, 0) is 6.54 Å². The molecule has 0 aliphatic heterocycles. The fourth-order valence-electron chi connectivity index (χ4n) is 1.29. The first-order chi connectivity index (χ1) is 7.29. The largest absolute Gasteiger partial charge is 0.325 e. The summed E-state index contributed by atoms with van der Waals surface area (Å²) in [4.78, 5) is 8.09.